The van der Waals surface area contributed by atoms with Crippen LogP contribution in [0.5, 0.6) is 0 Å². The number of hydrogen-bond donors (Lipinski definition) is 2. The van der Waals surface area contributed by atoms with Crippen molar-refractivity contribution in [2.75, 3.05) is 0 Å². The van der Waals surface area contributed by atoms with E-state index < -0.39 is 0 Å². The Labute approximate surface area is 157 Å². The van der Waals surface area contributed by atoms with Crippen LogP contribution < -0.4 is 5.32 Å². The lowest BCUT2D eigenvalue weighted by atomic mass is 9.98. The zero-order valence-corrected chi connectivity index (χ0v) is 14.8. The van der Waals surface area contributed by atoms with E-state index >= 15 is 0 Å². The number of halogens is 1. The normalized spacial score (nSPS) is 11.0. The van der Waals surface area contributed by atoms with E-state index in [2.05, 4.69) is 64.0 Å². The first-order chi connectivity index (χ1) is 13.3. The van der Waals surface area contributed by atoms with Crippen molar-refractivity contribution in [1.29, 1.82) is 0 Å². The molecule has 0 saturated heterocycles. The van der Waals surface area contributed by atoms with Crippen molar-refractivity contribution in [1.82, 2.24) is 15.5 Å². The Morgan fingerprint density at radius 2 is 1.41 bits per heavy atom. The summed E-state index contributed by atoms with van der Waals surface area (Å²) < 4.78 is 13.2. The molecule has 0 spiro atoms. The van der Waals surface area contributed by atoms with Crippen LogP contribution in [-0.2, 0) is 6.54 Å². The average Bonchev–Trinajstić information content (AvgIpc) is 3.19. The molecular weight excluding hydrogens is 337 g/mol. The van der Waals surface area contributed by atoms with Crippen molar-refractivity contribution >= 4 is 0 Å². The van der Waals surface area contributed by atoms with Crippen molar-refractivity contribution < 1.29 is 4.39 Å². The Morgan fingerprint density at radius 1 is 0.815 bits per heavy atom. The van der Waals surface area contributed by atoms with Gasteiger partial charge in [-0.25, -0.2) is 4.39 Å². The number of hydrogen-bond acceptors (Lipinski definition) is 2. The Balaban J connectivity index is 1.59. The third-order valence-corrected chi connectivity index (χ3v) is 4.61. The van der Waals surface area contributed by atoms with Crippen LogP contribution in [0.1, 0.15) is 22.7 Å². The topological polar surface area (TPSA) is 40.7 Å². The molecule has 4 aromatic rings. The Hall–Kier alpha value is -3.24. The van der Waals surface area contributed by atoms with Crippen molar-refractivity contribution in [3.63, 3.8) is 0 Å². The maximum atomic E-state index is 13.2. The van der Waals surface area contributed by atoms with Crippen molar-refractivity contribution in [2.45, 2.75) is 12.6 Å². The average molecular weight is 357 g/mol. The van der Waals surface area contributed by atoms with Gasteiger partial charge in [0.05, 0.1) is 17.9 Å². The van der Waals surface area contributed by atoms with E-state index in [1.807, 2.05) is 18.3 Å². The van der Waals surface area contributed by atoms with Crippen LogP contribution in [0.2, 0.25) is 0 Å². The fraction of sp³-hybridized carbons (Fsp3) is 0.0870. The third kappa shape index (κ3) is 3.96. The SMILES string of the molecule is Fc1ccc(-c2[nH]ncc2CNC(c2ccccc2)c2ccccc2)cc1. The largest absolute Gasteiger partial charge is 0.302 e. The number of benzene rings is 3. The van der Waals surface area contributed by atoms with Gasteiger partial charge in [-0.1, -0.05) is 60.7 Å². The van der Waals surface area contributed by atoms with Crippen LogP contribution in [0.25, 0.3) is 11.3 Å². The first kappa shape index (κ1) is 17.2. The Kier molecular flexibility index (Phi) is 5.08. The summed E-state index contributed by atoms with van der Waals surface area (Å²) in [5.74, 6) is -0.244. The molecule has 0 saturated carbocycles. The highest BCUT2D eigenvalue weighted by Gasteiger charge is 2.15. The smallest absolute Gasteiger partial charge is 0.123 e. The molecule has 0 amide bonds. The van der Waals surface area contributed by atoms with E-state index in [0.717, 1.165) is 16.8 Å². The highest BCUT2D eigenvalue weighted by Crippen LogP contribution is 2.25. The van der Waals surface area contributed by atoms with Crippen LogP contribution in [0.4, 0.5) is 4.39 Å². The fourth-order valence-corrected chi connectivity index (χ4v) is 3.24. The van der Waals surface area contributed by atoms with Gasteiger partial charge < -0.3 is 5.32 Å². The second-order valence-corrected chi connectivity index (χ2v) is 6.41. The van der Waals surface area contributed by atoms with E-state index in [1.54, 1.807) is 12.1 Å². The summed E-state index contributed by atoms with van der Waals surface area (Å²) in [5, 5.41) is 10.9. The molecule has 0 aliphatic carbocycles. The Morgan fingerprint density at radius 3 is 2.00 bits per heavy atom. The zero-order chi connectivity index (χ0) is 18.5. The Bertz CT molecular complexity index is 940. The highest BCUT2D eigenvalue weighted by atomic mass is 19.1. The zero-order valence-electron chi connectivity index (χ0n) is 14.8. The minimum Gasteiger partial charge on any atom is -0.302 e. The van der Waals surface area contributed by atoms with Gasteiger partial charge in [-0.15, -0.1) is 0 Å². The summed E-state index contributed by atoms with van der Waals surface area (Å²) in [7, 11) is 0. The van der Waals surface area contributed by atoms with E-state index in [1.165, 1.54) is 23.3 Å². The van der Waals surface area contributed by atoms with Crippen molar-refractivity contribution in [3.05, 3.63) is 114 Å². The molecule has 0 bridgehead atoms. The summed E-state index contributed by atoms with van der Waals surface area (Å²) in [6.45, 7) is 0.637. The quantitative estimate of drug-likeness (QED) is 0.504. The molecule has 27 heavy (non-hydrogen) atoms. The minimum absolute atomic E-state index is 0.0726. The number of aromatic amines is 1. The van der Waals surface area contributed by atoms with E-state index in [0.29, 0.717) is 6.54 Å². The van der Waals surface area contributed by atoms with E-state index in [4.69, 9.17) is 0 Å². The van der Waals surface area contributed by atoms with Gasteiger partial charge in [-0.05, 0) is 35.4 Å². The summed E-state index contributed by atoms with van der Waals surface area (Å²) in [6.07, 6.45) is 1.82. The molecule has 1 heterocycles. The molecule has 4 rings (SSSR count). The van der Waals surface area contributed by atoms with Crippen LogP contribution in [0.3, 0.4) is 0 Å². The van der Waals surface area contributed by atoms with Crippen LogP contribution in [-0.4, -0.2) is 10.2 Å². The van der Waals surface area contributed by atoms with Crippen LogP contribution in [0.15, 0.2) is 91.1 Å². The molecule has 1 aromatic heterocycles. The number of rotatable bonds is 6. The van der Waals surface area contributed by atoms with Crippen molar-refractivity contribution in [3.8, 4) is 11.3 Å². The maximum absolute atomic E-state index is 13.2. The minimum atomic E-state index is -0.244. The summed E-state index contributed by atoms with van der Waals surface area (Å²) in [6, 6.07) is 27.3. The highest BCUT2D eigenvalue weighted by molar-refractivity contribution is 5.62. The molecule has 0 aliphatic rings. The van der Waals surface area contributed by atoms with E-state index in [9.17, 15) is 4.39 Å². The van der Waals surface area contributed by atoms with Gasteiger partial charge in [-0.3, -0.25) is 5.10 Å². The molecular formula is C23H20FN3. The summed E-state index contributed by atoms with van der Waals surface area (Å²) in [4.78, 5) is 0. The number of H-pyrrole nitrogens is 1. The molecule has 4 heteroatoms. The van der Waals surface area contributed by atoms with Gasteiger partial charge >= 0.3 is 0 Å². The van der Waals surface area contributed by atoms with Gasteiger partial charge in [0, 0.05) is 17.7 Å². The summed E-state index contributed by atoms with van der Waals surface area (Å²) in [5.41, 5.74) is 5.27. The monoisotopic (exact) mass is 357 g/mol. The van der Waals surface area contributed by atoms with Gasteiger partial charge in [0.1, 0.15) is 5.82 Å². The number of nitrogens with zero attached hydrogens (tertiary/aromatic N) is 1. The molecule has 0 fully saturated rings. The van der Waals surface area contributed by atoms with Gasteiger partial charge in [0.2, 0.25) is 0 Å². The van der Waals surface area contributed by atoms with Gasteiger partial charge in [0.25, 0.3) is 0 Å². The lowest BCUT2D eigenvalue weighted by Gasteiger charge is -2.20. The number of aromatic nitrogens is 2. The molecule has 0 unspecified atom stereocenters. The fourth-order valence-electron chi connectivity index (χ4n) is 3.24. The van der Waals surface area contributed by atoms with E-state index in [-0.39, 0.29) is 11.9 Å². The molecule has 0 aliphatic heterocycles. The van der Waals surface area contributed by atoms with Gasteiger partial charge in [0.15, 0.2) is 0 Å². The van der Waals surface area contributed by atoms with Crippen LogP contribution >= 0.6 is 0 Å². The predicted molar refractivity (Wildman–Crippen MR) is 106 cm³/mol. The summed E-state index contributed by atoms with van der Waals surface area (Å²) >= 11 is 0. The first-order valence-corrected chi connectivity index (χ1v) is 8.93. The maximum Gasteiger partial charge on any atom is 0.123 e. The van der Waals surface area contributed by atoms with Crippen LogP contribution in [0, 0.1) is 5.82 Å². The second kappa shape index (κ2) is 7.98. The molecule has 3 nitrogen and oxygen atoms in total. The lowest BCUT2D eigenvalue weighted by Crippen LogP contribution is -2.22. The first-order valence-electron chi connectivity index (χ1n) is 8.93. The number of nitrogens with one attached hydrogen (secondary N) is 2. The molecule has 2 N–H and O–H groups in total. The standard InChI is InChI=1S/C23H20FN3/c24-21-13-11-19(12-14-21)23-20(16-26-27-23)15-25-22(17-7-3-1-4-8-17)18-9-5-2-6-10-18/h1-14,16,22,25H,15H2,(H,26,27). The third-order valence-electron chi connectivity index (χ3n) is 4.61. The molecule has 134 valence electrons. The molecule has 0 atom stereocenters. The lowest BCUT2D eigenvalue weighted by molar-refractivity contribution is 0.606. The predicted octanol–water partition coefficient (Wildman–Crippen LogP) is 5.10. The second-order valence-electron chi connectivity index (χ2n) is 6.41. The molecule has 3 aromatic carbocycles. The van der Waals surface area contributed by atoms with Gasteiger partial charge in [-0.2, -0.15) is 5.10 Å². The molecule has 0 radical (unpaired) electrons. The van der Waals surface area contributed by atoms with Crippen molar-refractivity contribution in [2.24, 2.45) is 0 Å².